The van der Waals surface area contributed by atoms with Crippen LogP contribution in [0.25, 0.3) is 0 Å². The fourth-order valence-electron chi connectivity index (χ4n) is 0.375. The van der Waals surface area contributed by atoms with Crippen LogP contribution in [-0.4, -0.2) is 36.9 Å². The molecule has 0 bridgehead atoms. The number of nitrogens with one attached hydrogen (secondary N) is 1. The van der Waals surface area contributed by atoms with Crippen LogP contribution in [0, 0.1) is 0 Å². The van der Waals surface area contributed by atoms with Gasteiger partial charge >= 0.3 is 0 Å². The monoisotopic (exact) mass is 199 g/mol. The average Bonchev–Trinajstić information content (AvgIpc) is 1.85. The molecule has 0 unspecified atom stereocenters. The van der Waals surface area contributed by atoms with Gasteiger partial charge in [0.1, 0.15) is 0 Å². The van der Waals surface area contributed by atoms with Gasteiger partial charge in [-0.05, 0) is 0 Å². The summed E-state index contributed by atoms with van der Waals surface area (Å²) in [5.74, 6) is -0.824. The Labute approximate surface area is 70.3 Å². The summed E-state index contributed by atoms with van der Waals surface area (Å²) in [5, 5.41) is 2.23. The SMILES string of the molecule is O=C(CS)NCCS(=O)(=O)O. The van der Waals surface area contributed by atoms with E-state index in [0.717, 1.165) is 0 Å². The Kier molecular flexibility index (Phi) is 4.46. The predicted octanol–water partition coefficient (Wildman–Crippen LogP) is -1.08. The molecule has 0 saturated carbocycles. The fourth-order valence-corrected chi connectivity index (χ4v) is 0.847. The van der Waals surface area contributed by atoms with Gasteiger partial charge in [-0.25, -0.2) is 0 Å². The number of carbonyl (C=O) groups is 1. The van der Waals surface area contributed by atoms with Crippen LogP contribution in [0.3, 0.4) is 0 Å². The maximum absolute atomic E-state index is 10.4. The van der Waals surface area contributed by atoms with E-state index < -0.39 is 15.9 Å². The van der Waals surface area contributed by atoms with Gasteiger partial charge in [0, 0.05) is 6.54 Å². The van der Waals surface area contributed by atoms with Gasteiger partial charge in [0.15, 0.2) is 0 Å². The van der Waals surface area contributed by atoms with Crippen molar-refractivity contribution in [1.82, 2.24) is 5.32 Å². The molecular weight excluding hydrogens is 190 g/mol. The molecule has 66 valence electrons. The Morgan fingerprint density at radius 2 is 2.09 bits per heavy atom. The highest BCUT2D eigenvalue weighted by molar-refractivity contribution is 7.85. The molecule has 0 aliphatic heterocycles. The van der Waals surface area contributed by atoms with E-state index in [-0.39, 0.29) is 18.2 Å². The molecule has 0 fully saturated rings. The van der Waals surface area contributed by atoms with Gasteiger partial charge in [-0.1, -0.05) is 0 Å². The minimum Gasteiger partial charge on any atom is -0.354 e. The van der Waals surface area contributed by atoms with Crippen molar-refractivity contribution in [2.75, 3.05) is 18.1 Å². The van der Waals surface area contributed by atoms with Crippen LogP contribution in [0.2, 0.25) is 0 Å². The van der Waals surface area contributed by atoms with E-state index in [1.54, 1.807) is 0 Å². The molecule has 0 aliphatic rings. The smallest absolute Gasteiger partial charge is 0.266 e. The molecule has 0 radical (unpaired) electrons. The average molecular weight is 199 g/mol. The van der Waals surface area contributed by atoms with Crippen molar-refractivity contribution >= 4 is 28.7 Å². The molecule has 0 saturated heterocycles. The molecule has 0 aromatic carbocycles. The summed E-state index contributed by atoms with van der Waals surface area (Å²) < 4.78 is 28.4. The summed E-state index contributed by atoms with van der Waals surface area (Å²) in [6.07, 6.45) is 0. The summed E-state index contributed by atoms with van der Waals surface area (Å²) >= 11 is 3.64. The van der Waals surface area contributed by atoms with E-state index in [4.69, 9.17) is 4.55 Å². The molecule has 0 aromatic heterocycles. The number of thiol groups is 1. The lowest BCUT2D eigenvalue weighted by Gasteiger charge is -1.99. The maximum atomic E-state index is 10.4. The molecule has 0 spiro atoms. The van der Waals surface area contributed by atoms with Crippen LogP contribution in [0.1, 0.15) is 0 Å². The van der Waals surface area contributed by atoms with Crippen molar-refractivity contribution < 1.29 is 17.8 Å². The summed E-state index contributed by atoms with van der Waals surface area (Å²) in [6.45, 7) is -0.0851. The fraction of sp³-hybridized carbons (Fsp3) is 0.750. The Morgan fingerprint density at radius 3 is 2.45 bits per heavy atom. The van der Waals surface area contributed by atoms with Gasteiger partial charge in [-0.3, -0.25) is 9.35 Å². The van der Waals surface area contributed by atoms with Gasteiger partial charge in [-0.15, -0.1) is 0 Å². The highest BCUT2D eigenvalue weighted by Crippen LogP contribution is 1.79. The van der Waals surface area contributed by atoms with E-state index in [1.807, 2.05) is 0 Å². The first-order valence-corrected chi connectivity index (χ1v) is 5.02. The first kappa shape index (κ1) is 10.7. The second kappa shape index (κ2) is 4.58. The number of rotatable bonds is 4. The summed E-state index contributed by atoms with van der Waals surface area (Å²) in [6, 6.07) is 0. The molecule has 5 nitrogen and oxygen atoms in total. The summed E-state index contributed by atoms with van der Waals surface area (Å²) in [4.78, 5) is 10.4. The first-order valence-electron chi connectivity index (χ1n) is 2.78. The summed E-state index contributed by atoms with van der Waals surface area (Å²) in [5.41, 5.74) is 0. The third kappa shape index (κ3) is 7.63. The standard InChI is InChI=1S/C4H9NO4S2/c6-4(3-10)5-1-2-11(7,8)9/h10H,1-3H2,(H,5,6)(H,7,8,9). The molecule has 0 aromatic rings. The quantitative estimate of drug-likeness (QED) is 0.397. The Morgan fingerprint density at radius 1 is 1.55 bits per heavy atom. The zero-order valence-electron chi connectivity index (χ0n) is 5.65. The Bertz CT molecular complexity index is 222. The van der Waals surface area contributed by atoms with Crippen LogP contribution < -0.4 is 5.32 Å². The highest BCUT2D eigenvalue weighted by Gasteiger charge is 2.04. The van der Waals surface area contributed by atoms with Crippen molar-refractivity contribution in [3.05, 3.63) is 0 Å². The molecule has 11 heavy (non-hydrogen) atoms. The zero-order chi connectivity index (χ0) is 8.91. The van der Waals surface area contributed by atoms with E-state index in [2.05, 4.69) is 17.9 Å². The molecule has 2 N–H and O–H groups in total. The van der Waals surface area contributed by atoms with E-state index >= 15 is 0 Å². The summed E-state index contributed by atoms with van der Waals surface area (Å²) in [7, 11) is -3.97. The largest absolute Gasteiger partial charge is 0.354 e. The molecule has 7 heteroatoms. The van der Waals surface area contributed by atoms with Crippen molar-refractivity contribution in [3.8, 4) is 0 Å². The zero-order valence-corrected chi connectivity index (χ0v) is 7.36. The lowest BCUT2D eigenvalue weighted by atomic mass is 10.6. The third-order valence-electron chi connectivity index (χ3n) is 0.826. The molecule has 0 rings (SSSR count). The van der Waals surface area contributed by atoms with Gasteiger partial charge in [-0.2, -0.15) is 21.0 Å². The minimum absolute atomic E-state index is 0.00543. The number of hydrogen-bond donors (Lipinski definition) is 3. The molecule has 0 heterocycles. The molecule has 1 amide bonds. The van der Waals surface area contributed by atoms with Crippen LogP contribution in [-0.2, 0) is 14.9 Å². The van der Waals surface area contributed by atoms with E-state index in [9.17, 15) is 13.2 Å². The Hall–Kier alpha value is -0.270. The normalized spacial score (nSPS) is 11.1. The lowest BCUT2D eigenvalue weighted by molar-refractivity contribution is -0.118. The van der Waals surface area contributed by atoms with Crippen LogP contribution in [0.15, 0.2) is 0 Å². The predicted molar refractivity (Wildman–Crippen MR) is 43.3 cm³/mol. The number of carbonyl (C=O) groups excluding carboxylic acids is 1. The second-order valence-electron chi connectivity index (χ2n) is 1.79. The maximum Gasteiger partial charge on any atom is 0.266 e. The van der Waals surface area contributed by atoms with Gasteiger partial charge in [0.05, 0.1) is 11.5 Å². The minimum atomic E-state index is -3.97. The lowest BCUT2D eigenvalue weighted by Crippen LogP contribution is -2.29. The van der Waals surface area contributed by atoms with Crippen LogP contribution in [0.5, 0.6) is 0 Å². The number of amides is 1. The second-order valence-corrected chi connectivity index (χ2v) is 3.68. The van der Waals surface area contributed by atoms with Crippen molar-refractivity contribution in [2.45, 2.75) is 0 Å². The molecule has 0 aliphatic carbocycles. The van der Waals surface area contributed by atoms with Crippen molar-refractivity contribution in [3.63, 3.8) is 0 Å². The van der Waals surface area contributed by atoms with E-state index in [1.165, 1.54) is 0 Å². The van der Waals surface area contributed by atoms with Crippen molar-refractivity contribution in [2.24, 2.45) is 0 Å². The van der Waals surface area contributed by atoms with Crippen LogP contribution in [0.4, 0.5) is 0 Å². The number of hydrogen-bond acceptors (Lipinski definition) is 4. The van der Waals surface area contributed by atoms with Gasteiger partial charge in [0.2, 0.25) is 5.91 Å². The molecular formula is C4H9NO4S2. The van der Waals surface area contributed by atoms with Gasteiger partial charge in [0.25, 0.3) is 10.1 Å². The van der Waals surface area contributed by atoms with E-state index in [0.29, 0.717) is 0 Å². The van der Waals surface area contributed by atoms with Gasteiger partial charge < -0.3 is 5.32 Å². The first-order chi connectivity index (χ1) is 4.95. The highest BCUT2D eigenvalue weighted by atomic mass is 32.2. The molecule has 0 atom stereocenters. The topological polar surface area (TPSA) is 83.5 Å². The third-order valence-corrected chi connectivity index (χ3v) is 1.83. The van der Waals surface area contributed by atoms with Crippen LogP contribution >= 0.6 is 12.6 Å². The Balaban J connectivity index is 3.51. The van der Waals surface area contributed by atoms with Crippen molar-refractivity contribution in [1.29, 1.82) is 0 Å².